The molecule has 28 heavy (non-hydrogen) atoms. The van der Waals surface area contributed by atoms with Crippen LogP contribution in [-0.4, -0.2) is 43.4 Å². The Morgan fingerprint density at radius 1 is 1.14 bits per heavy atom. The third kappa shape index (κ3) is 2.16. The van der Waals surface area contributed by atoms with Gasteiger partial charge in [0.1, 0.15) is 22.8 Å². The number of aromatic hydroxyl groups is 1. The van der Waals surface area contributed by atoms with E-state index in [1.165, 1.54) is 0 Å². The van der Waals surface area contributed by atoms with Crippen molar-refractivity contribution < 1.29 is 34.8 Å². The van der Waals surface area contributed by atoms with Gasteiger partial charge in [0.2, 0.25) is 5.78 Å². The number of aryl methyl sites for hydroxylation is 1. The van der Waals surface area contributed by atoms with Crippen LogP contribution in [0.5, 0.6) is 5.75 Å². The number of Topliss-reactive ketones (excluding diaryl/α,β-unsaturated/α-hetero) is 3. The molecule has 1 aromatic rings. The van der Waals surface area contributed by atoms with E-state index in [9.17, 15) is 34.8 Å². The lowest BCUT2D eigenvalue weighted by Crippen LogP contribution is -2.56. The zero-order valence-corrected chi connectivity index (χ0v) is 15.4. The molecule has 3 aliphatic rings. The number of fused-ring (bicyclic) bond motifs is 3. The van der Waals surface area contributed by atoms with Gasteiger partial charge in [-0.05, 0) is 43.7 Å². The Kier molecular flexibility index (Phi) is 3.81. The molecule has 146 valence electrons. The molecule has 0 fully saturated rings. The maximum atomic E-state index is 13.1. The molecule has 0 bridgehead atoms. The highest BCUT2D eigenvalue weighted by molar-refractivity contribution is 6.25. The van der Waals surface area contributed by atoms with E-state index in [-0.39, 0.29) is 29.7 Å². The van der Waals surface area contributed by atoms with Gasteiger partial charge in [0.15, 0.2) is 17.2 Å². The zero-order chi connectivity index (χ0) is 20.5. The summed E-state index contributed by atoms with van der Waals surface area (Å²) in [6.07, 6.45) is 0.376. The van der Waals surface area contributed by atoms with Crippen molar-refractivity contribution in [3.63, 3.8) is 0 Å². The van der Waals surface area contributed by atoms with Crippen molar-refractivity contribution in [1.82, 2.24) is 0 Å². The van der Waals surface area contributed by atoms with Crippen molar-refractivity contribution in [3.8, 4) is 5.75 Å². The molecular weight excluding hydrogens is 364 g/mol. The first kappa shape index (κ1) is 18.4. The minimum absolute atomic E-state index is 0.0632. The average Bonchev–Trinajstić information content (AvgIpc) is 2.61. The van der Waals surface area contributed by atoms with Crippen LogP contribution in [0, 0.1) is 18.8 Å². The van der Waals surface area contributed by atoms with Crippen LogP contribution in [0.15, 0.2) is 34.8 Å². The van der Waals surface area contributed by atoms with E-state index >= 15 is 0 Å². The third-order valence-electron chi connectivity index (χ3n) is 6.24. The fraction of sp³-hybridized carbons (Fsp3) is 0.381. The monoisotopic (exact) mass is 384 g/mol. The van der Waals surface area contributed by atoms with Gasteiger partial charge in [-0.2, -0.15) is 0 Å². The molecule has 0 unspecified atom stereocenters. The van der Waals surface area contributed by atoms with Gasteiger partial charge >= 0.3 is 0 Å². The molecule has 0 radical (unpaired) electrons. The highest BCUT2D eigenvalue weighted by Gasteiger charge is 2.59. The molecule has 0 amide bonds. The van der Waals surface area contributed by atoms with Gasteiger partial charge in [0.05, 0.1) is 5.56 Å². The van der Waals surface area contributed by atoms with E-state index in [0.717, 1.165) is 6.92 Å². The zero-order valence-electron chi connectivity index (χ0n) is 15.4. The van der Waals surface area contributed by atoms with Crippen molar-refractivity contribution in [3.05, 3.63) is 51.5 Å². The quantitative estimate of drug-likeness (QED) is 0.544. The lowest BCUT2D eigenvalue weighted by atomic mass is 9.60. The molecule has 4 N–H and O–H groups in total. The summed E-state index contributed by atoms with van der Waals surface area (Å²) < 4.78 is 0. The van der Waals surface area contributed by atoms with Crippen molar-refractivity contribution in [1.29, 1.82) is 0 Å². The van der Waals surface area contributed by atoms with Crippen LogP contribution < -0.4 is 0 Å². The van der Waals surface area contributed by atoms with Crippen molar-refractivity contribution in [2.75, 3.05) is 0 Å². The van der Waals surface area contributed by atoms with Crippen LogP contribution in [0.4, 0.5) is 0 Å². The predicted octanol–water partition coefficient (Wildman–Crippen LogP) is 1.99. The van der Waals surface area contributed by atoms with Gasteiger partial charge in [0, 0.05) is 17.9 Å². The van der Waals surface area contributed by atoms with E-state index in [0.29, 0.717) is 17.5 Å². The van der Waals surface area contributed by atoms with Gasteiger partial charge < -0.3 is 20.4 Å². The summed E-state index contributed by atoms with van der Waals surface area (Å²) in [5.41, 5.74) is -1.90. The molecule has 0 saturated carbocycles. The van der Waals surface area contributed by atoms with Gasteiger partial charge in [0.25, 0.3) is 0 Å². The molecule has 3 atom stereocenters. The Morgan fingerprint density at radius 3 is 2.46 bits per heavy atom. The Hall–Kier alpha value is -2.93. The first-order chi connectivity index (χ1) is 13.1. The number of phenolic OH excluding ortho intramolecular Hbond substituents is 1. The number of rotatable bonds is 1. The molecule has 0 aromatic heterocycles. The Labute approximate surface area is 160 Å². The number of aliphatic hydroxyl groups excluding tert-OH is 2. The smallest absolute Gasteiger partial charge is 0.209 e. The maximum Gasteiger partial charge on any atom is 0.209 e. The average molecular weight is 384 g/mol. The van der Waals surface area contributed by atoms with Crippen LogP contribution in [0.25, 0.3) is 0 Å². The van der Waals surface area contributed by atoms with Crippen LogP contribution in [0.1, 0.15) is 41.3 Å². The molecule has 0 spiro atoms. The number of ketones is 3. The number of hydrogen-bond acceptors (Lipinski definition) is 7. The Balaban J connectivity index is 1.92. The van der Waals surface area contributed by atoms with Crippen LogP contribution in [0.3, 0.4) is 0 Å². The number of phenols is 1. The number of carbonyl (C=O) groups excluding carboxylic acids is 3. The van der Waals surface area contributed by atoms with Gasteiger partial charge in [-0.25, -0.2) is 0 Å². The fourth-order valence-corrected chi connectivity index (χ4v) is 4.81. The van der Waals surface area contributed by atoms with E-state index in [4.69, 9.17) is 0 Å². The highest BCUT2D eigenvalue weighted by atomic mass is 16.3. The summed E-state index contributed by atoms with van der Waals surface area (Å²) in [5.74, 6) is -5.13. The first-order valence-electron chi connectivity index (χ1n) is 9.08. The number of carbonyl (C=O) groups is 3. The summed E-state index contributed by atoms with van der Waals surface area (Å²) in [7, 11) is 0. The molecule has 0 heterocycles. The topological polar surface area (TPSA) is 132 Å². The normalized spacial score (nSPS) is 29.4. The lowest BCUT2D eigenvalue weighted by Gasteiger charge is -2.45. The second kappa shape index (κ2) is 5.78. The summed E-state index contributed by atoms with van der Waals surface area (Å²) in [5, 5.41) is 42.5. The third-order valence-corrected chi connectivity index (χ3v) is 6.24. The molecule has 0 aliphatic heterocycles. The number of benzene rings is 1. The van der Waals surface area contributed by atoms with Crippen molar-refractivity contribution >= 4 is 17.3 Å². The Morgan fingerprint density at radius 2 is 1.82 bits per heavy atom. The van der Waals surface area contributed by atoms with Gasteiger partial charge in [-0.3, -0.25) is 14.4 Å². The SMILES string of the molecule is CC(=O)C1=C(O)C[C@H]2C[C@H]3Cc4ccc(C)c(O)c4C(=O)C3=C(O)[C@@]2(O)C1=O. The first-order valence-corrected chi connectivity index (χ1v) is 9.08. The molecule has 1 aromatic carbocycles. The van der Waals surface area contributed by atoms with E-state index in [1.54, 1.807) is 19.1 Å². The molecule has 7 nitrogen and oxygen atoms in total. The summed E-state index contributed by atoms with van der Waals surface area (Å²) in [6, 6.07) is 3.45. The summed E-state index contributed by atoms with van der Waals surface area (Å²) in [4.78, 5) is 37.7. The predicted molar refractivity (Wildman–Crippen MR) is 97.0 cm³/mol. The molecule has 4 rings (SSSR count). The highest BCUT2D eigenvalue weighted by Crippen LogP contribution is 2.51. The van der Waals surface area contributed by atoms with Crippen molar-refractivity contribution in [2.45, 2.75) is 38.7 Å². The molecular formula is C21H20O7. The molecule has 7 heteroatoms. The van der Waals surface area contributed by atoms with E-state index in [2.05, 4.69) is 0 Å². The van der Waals surface area contributed by atoms with E-state index in [1.807, 2.05) is 0 Å². The largest absolute Gasteiger partial charge is 0.511 e. The standard InChI is InChI=1S/C21H20O7/c1-8-3-4-10-5-11-6-12-7-13(23)14(9(2)22)19(26)21(12,28)20(27)16(11)18(25)15(10)17(8)24/h3-4,11-12,23-24,27-28H,5-7H2,1-2H3/t11-,12-,21+/m1/s1. The number of hydrogen-bond donors (Lipinski definition) is 4. The summed E-state index contributed by atoms with van der Waals surface area (Å²) >= 11 is 0. The van der Waals surface area contributed by atoms with Crippen LogP contribution in [-0.2, 0) is 16.0 Å². The minimum Gasteiger partial charge on any atom is -0.511 e. The summed E-state index contributed by atoms with van der Waals surface area (Å²) in [6.45, 7) is 2.73. The molecule has 3 aliphatic carbocycles. The van der Waals surface area contributed by atoms with Crippen molar-refractivity contribution in [2.24, 2.45) is 11.8 Å². The minimum atomic E-state index is -2.44. The number of allylic oxidation sites excluding steroid dienone is 2. The second-order valence-corrected chi connectivity index (χ2v) is 7.87. The van der Waals surface area contributed by atoms with Crippen LogP contribution in [0.2, 0.25) is 0 Å². The van der Waals surface area contributed by atoms with E-state index < -0.39 is 51.9 Å². The lowest BCUT2D eigenvalue weighted by molar-refractivity contribution is -0.144. The number of aliphatic hydroxyl groups is 3. The Bertz CT molecular complexity index is 1030. The second-order valence-electron chi connectivity index (χ2n) is 7.87. The van der Waals surface area contributed by atoms with Crippen LogP contribution >= 0.6 is 0 Å². The molecule has 0 saturated heterocycles. The maximum absolute atomic E-state index is 13.1. The van der Waals surface area contributed by atoms with Gasteiger partial charge in [-0.15, -0.1) is 0 Å². The fourth-order valence-electron chi connectivity index (χ4n) is 4.81. The van der Waals surface area contributed by atoms with Gasteiger partial charge in [-0.1, -0.05) is 12.1 Å².